The number of ether oxygens (including phenoxy) is 2. The topological polar surface area (TPSA) is 76.7 Å². The van der Waals surface area contributed by atoms with Gasteiger partial charge in [-0.1, -0.05) is 29.8 Å². The van der Waals surface area contributed by atoms with E-state index in [1.165, 1.54) is 6.92 Å². The molecule has 0 saturated heterocycles. The van der Waals surface area contributed by atoms with Crippen LogP contribution in [0.1, 0.15) is 36.1 Å². The highest BCUT2D eigenvalue weighted by atomic mass is 16.5. The summed E-state index contributed by atoms with van der Waals surface area (Å²) in [6, 6.07) is 12.8. The molecule has 2 aromatic carbocycles. The van der Waals surface area contributed by atoms with Crippen molar-refractivity contribution in [1.82, 2.24) is 10.6 Å². The molecule has 6 nitrogen and oxygen atoms in total. The maximum Gasteiger partial charge on any atom is 0.222 e. The van der Waals surface area contributed by atoms with Crippen molar-refractivity contribution in [2.24, 2.45) is 0 Å². The molecule has 6 heteroatoms. The summed E-state index contributed by atoms with van der Waals surface area (Å²) in [6.07, 6.45) is 0.154. The fourth-order valence-corrected chi connectivity index (χ4v) is 2.75. The lowest BCUT2D eigenvalue weighted by molar-refractivity contribution is -0.122. The molecule has 2 rings (SSSR count). The van der Waals surface area contributed by atoms with Crippen LogP contribution in [0, 0.1) is 6.92 Å². The minimum absolute atomic E-state index is 0.154. The molecule has 1 atom stereocenters. The van der Waals surface area contributed by atoms with Crippen molar-refractivity contribution < 1.29 is 19.1 Å². The van der Waals surface area contributed by atoms with Gasteiger partial charge in [0.25, 0.3) is 0 Å². The van der Waals surface area contributed by atoms with Crippen molar-refractivity contribution in [2.45, 2.75) is 32.9 Å². The van der Waals surface area contributed by atoms with E-state index in [0.29, 0.717) is 18.0 Å². The molecule has 0 aliphatic rings. The highest BCUT2D eigenvalue weighted by molar-refractivity contribution is 5.79. The van der Waals surface area contributed by atoms with Crippen molar-refractivity contribution in [3.05, 3.63) is 59.2 Å². The highest BCUT2D eigenvalue weighted by Gasteiger charge is 2.17. The van der Waals surface area contributed by atoms with Gasteiger partial charge in [-0.3, -0.25) is 9.59 Å². The van der Waals surface area contributed by atoms with Crippen LogP contribution in [0.2, 0.25) is 0 Å². The lowest BCUT2D eigenvalue weighted by Gasteiger charge is -2.19. The first-order chi connectivity index (χ1) is 12.9. The Labute approximate surface area is 159 Å². The molecule has 0 heterocycles. The van der Waals surface area contributed by atoms with Crippen molar-refractivity contribution in [1.29, 1.82) is 0 Å². The molecule has 0 aliphatic heterocycles. The molecule has 2 N–H and O–H groups in total. The Kier molecular flexibility index (Phi) is 7.23. The van der Waals surface area contributed by atoms with Gasteiger partial charge in [-0.25, -0.2) is 0 Å². The van der Waals surface area contributed by atoms with E-state index in [0.717, 1.165) is 16.7 Å². The van der Waals surface area contributed by atoms with Crippen LogP contribution in [-0.2, 0) is 16.1 Å². The molecule has 0 fully saturated rings. The fourth-order valence-electron chi connectivity index (χ4n) is 2.75. The van der Waals surface area contributed by atoms with Crippen LogP contribution >= 0.6 is 0 Å². The van der Waals surface area contributed by atoms with E-state index < -0.39 is 0 Å². The SMILES string of the molecule is COc1ccc(CNC(=O)CC(NC(C)=O)c2ccc(C)cc2)c(OC)c1. The van der Waals surface area contributed by atoms with Gasteiger partial charge in [-0.05, 0) is 24.6 Å². The first-order valence-corrected chi connectivity index (χ1v) is 8.74. The Morgan fingerprint density at radius 2 is 1.74 bits per heavy atom. The van der Waals surface area contributed by atoms with Crippen LogP contribution in [0.15, 0.2) is 42.5 Å². The van der Waals surface area contributed by atoms with Crippen molar-refractivity contribution >= 4 is 11.8 Å². The van der Waals surface area contributed by atoms with Gasteiger partial charge < -0.3 is 20.1 Å². The summed E-state index contributed by atoms with van der Waals surface area (Å²) in [4.78, 5) is 24.0. The summed E-state index contributed by atoms with van der Waals surface area (Å²) in [5.41, 5.74) is 2.86. The molecule has 2 amide bonds. The quantitative estimate of drug-likeness (QED) is 0.749. The van der Waals surface area contributed by atoms with Gasteiger partial charge in [0.05, 0.1) is 26.7 Å². The van der Waals surface area contributed by atoms with Crippen LogP contribution in [0.4, 0.5) is 0 Å². The monoisotopic (exact) mass is 370 g/mol. The first kappa shape index (κ1) is 20.3. The zero-order chi connectivity index (χ0) is 19.8. The summed E-state index contributed by atoms with van der Waals surface area (Å²) in [5, 5.41) is 5.73. The van der Waals surface area contributed by atoms with E-state index in [2.05, 4.69) is 10.6 Å². The molecule has 0 bridgehead atoms. The first-order valence-electron chi connectivity index (χ1n) is 8.74. The van der Waals surface area contributed by atoms with Crippen molar-refractivity contribution in [3.63, 3.8) is 0 Å². The lowest BCUT2D eigenvalue weighted by Crippen LogP contribution is -2.32. The van der Waals surface area contributed by atoms with Crippen LogP contribution in [-0.4, -0.2) is 26.0 Å². The maximum atomic E-state index is 12.4. The molecule has 2 aromatic rings. The number of carbonyl (C=O) groups is 2. The van der Waals surface area contributed by atoms with E-state index in [-0.39, 0.29) is 24.3 Å². The third kappa shape index (κ3) is 6.02. The van der Waals surface area contributed by atoms with Gasteiger partial charge in [0.1, 0.15) is 11.5 Å². The van der Waals surface area contributed by atoms with Gasteiger partial charge in [0.15, 0.2) is 0 Å². The number of aryl methyl sites for hydroxylation is 1. The van der Waals surface area contributed by atoms with Crippen molar-refractivity contribution in [3.8, 4) is 11.5 Å². The molecule has 0 aliphatic carbocycles. The number of methoxy groups -OCH3 is 2. The summed E-state index contributed by atoms with van der Waals surface area (Å²) < 4.78 is 10.5. The van der Waals surface area contributed by atoms with Gasteiger partial charge in [0.2, 0.25) is 11.8 Å². The summed E-state index contributed by atoms with van der Waals surface area (Å²) in [6.45, 7) is 3.76. The Morgan fingerprint density at radius 1 is 1.04 bits per heavy atom. The summed E-state index contributed by atoms with van der Waals surface area (Å²) in [5.74, 6) is 0.996. The molecule has 0 saturated carbocycles. The molecule has 144 valence electrons. The molecular weight excluding hydrogens is 344 g/mol. The van der Waals surface area contributed by atoms with E-state index in [4.69, 9.17) is 9.47 Å². The molecule has 0 spiro atoms. The Balaban J connectivity index is 2.03. The van der Waals surface area contributed by atoms with Gasteiger partial charge in [-0.15, -0.1) is 0 Å². The highest BCUT2D eigenvalue weighted by Crippen LogP contribution is 2.24. The molecule has 0 aromatic heterocycles. The third-order valence-corrected chi connectivity index (χ3v) is 4.22. The average molecular weight is 370 g/mol. The van der Waals surface area contributed by atoms with Crippen LogP contribution in [0.3, 0.4) is 0 Å². The molecule has 0 radical (unpaired) electrons. The molecule has 27 heavy (non-hydrogen) atoms. The number of hydrogen-bond donors (Lipinski definition) is 2. The number of carbonyl (C=O) groups excluding carboxylic acids is 2. The zero-order valence-electron chi connectivity index (χ0n) is 16.2. The van der Waals surface area contributed by atoms with E-state index in [9.17, 15) is 9.59 Å². The average Bonchev–Trinajstić information content (AvgIpc) is 2.66. The Hall–Kier alpha value is -3.02. The standard InChI is InChI=1S/C21H26N2O4/c1-14-5-7-16(8-6-14)19(23-15(2)24)12-21(25)22-13-17-9-10-18(26-3)11-20(17)27-4/h5-11,19H,12-13H2,1-4H3,(H,22,25)(H,23,24). The van der Waals surface area contributed by atoms with E-state index in [1.54, 1.807) is 20.3 Å². The van der Waals surface area contributed by atoms with Gasteiger partial charge >= 0.3 is 0 Å². The Bertz CT molecular complexity index is 787. The third-order valence-electron chi connectivity index (χ3n) is 4.22. The van der Waals surface area contributed by atoms with Crippen LogP contribution < -0.4 is 20.1 Å². The van der Waals surface area contributed by atoms with Crippen LogP contribution in [0.5, 0.6) is 11.5 Å². The minimum Gasteiger partial charge on any atom is -0.497 e. The molecular formula is C21H26N2O4. The van der Waals surface area contributed by atoms with Crippen LogP contribution in [0.25, 0.3) is 0 Å². The smallest absolute Gasteiger partial charge is 0.222 e. The minimum atomic E-state index is -0.374. The fraction of sp³-hybridized carbons (Fsp3) is 0.333. The molecule has 1 unspecified atom stereocenters. The number of nitrogens with one attached hydrogen (secondary N) is 2. The number of rotatable bonds is 8. The number of amides is 2. The van der Waals surface area contributed by atoms with Crippen molar-refractivity contribution in [2.75, 3.05) is 14.2 Å². The second-order valence-corrected chi connectivity index (χ2v) is 6.32. The van der Waals surface area contributed by atoms with E-state index >= 15 is 0 Å². The number of benzene rings is 2. The number of hydrogen-bond acceptors (Lipinski definition) is 4. The van der Waals surface area contributed by atoms with Gasteiger partial charge in [-0.2, -0.15) is 0 Å². The summed E-state index contributed by atoms with van der Waals surface area (Å²) >= 11 is 0. The Morgan fingerprint density at radius 3 is 2.33 bits per heavy atom. The summed E-state index contributed by atoms with van der Waals surface area (Å²) in [7, 11) is 3.16. The second kappa shape index (κ2) is 9.62. The zero-order valence-corrected chi connectivity index (χ0v) is 16.2. The van der Waals surface area contributed by atoms with Gasteiger partial charge in [0, 0.05) is 25.1 Å². The predicted octanol–water partition coefficient (Wildman–Crippen LogP) is 2.90. The van der Waals surface area contributed by atoms with E-state index in [1.807, 2.05) is 43.3 Å². The second-order valence-electron chi connectivity index (χ2n) is 6.32. The largest absolute Gasteiger partial charge is 0.497 e. The maximum absolute atomic E-state index is 12.4. The predicted molar refractivity (Wildman–Crippen MR) is 104 cm³/mol. The normalized spacial score (nSPS) is 11.4. The lowest BCUT2D eigenvalue weighted by atomic mass is 10.0.